The van der Waals surface area contributed by atoms with Crippen molar-refractivity contribution in [2.45, 2.75) is 6.36 Å². The average molecular weight is 342 g/mol. The molecule has 2 aromatic rings. The highest BCUT2D eigenvalue weighted by molar-refractivity contribution is 5.99. The Labute approximate surface area is 133 Å². The van der Waals surface area contributed by atoms with Crippen LogP contribution in [0.2, 0.25) is 0 Å². The van der Waals surface area contributed by atoms with Crippen LogP contribution in [0.15, 0.2) is 48.5 Å². The van der Waals surface area contributed by atoms with Crippen LogP contribution in [0.25, 0.3) is 0 Å². The summed E-state index contributed by atoms with van der Waals surface area (Å²) < 4.78 is 53.1. The van der Waals surface area contributed by atoms with Crippen LogP contribution in [-0.2, 0) is 0 Å². The highest BCUT2D eigenvalue weighted by atomic mass is 19.4. The highest BCUT2D eigenvalue weighted by Crippen LogP contribution is 2.22. The van der Waals surface area contributed by atoms with Crippen LogP contribution in [0.4, 0.5) is 17.6 Å². The zero-order valence-corrected chi connectivity index (χ0v) is 11.9. The van der Waals surface area contributed by atoms with Crippen molar-refractivity contribution < 1.29 is 31.9 Å². The standard InChI is InChI=1S/C15H10F4N2O3/c16-12-4-2-1-3-11(12)14(23)21-20-13(22)9-5-7-10(8-6-9)24-15(17,18)19/h1-8H,(H,20,22)(H,21,23). The van der Waals surface area contributed by atoms with Crippen LogP contribution in [0.3, 0.4) is 0 Å². The molecule has 24 heavy (non-hydrogen) atoms. The molecular formula is C15H10F4N2O3. The number of benzene rings is 2. The topological polar surface area (TPSA) is 67.4 Å². The smallest absolute Gasteiger partial charge is 0.406 e. The Bertz CT molecular complexity index is 745. The summed E-state index contributed by atoms with van der Waals surface area (Å²) in [6.45, 7) is 0. The monoisotopic (exact) mass is 342 g/mol. The molecule has 5 nitrogen and oxygen atoms in total. The summed E-state index contributed by atoms with van der Waals surface area (Å²) >= 11 is 0. The van der Waals surface area contributed by atoms with Gasteiger partial charge in [0, 0.05) is 5.56 Å². The van der Waals surface area contributed by atoms with E-state index in [0.29, 0.717) is 0 Å². The van der Waals surface area contributed by atoms with Crippen molar-refractivity contribution >= 4 is 11.8 Å². The SMILES string of the molecule is O=C(NNC(=O)c1ccccc1F)c1ccc(OC(F)(F)F)cc1. The van der Waals surface area contributed by atoms with Crippen molar-refractivity contribution in [2.24, 2.45) is 0 Å². The molecule has 2 rings (SSSR count). The number of alkyl halides is 3. The molecule has 0 fully saturated rings. The van der Waals surface area contributed by atoms with Gasteiger partial charge in [0.1, 0.15) is 11.6 Å². The van der Waals surface area contributed by atoms with Crippen LogP contribution in [0.1, 0.15) is 20.7 Å². The Kier molecular flexibility index (Phi) is 5.02. The quantitative estimate of drug-likeness (QED) is 0.666. The normalized spacial score (nSPS) is 10.8. The predicted octanol–water partition coefficient (Wildman–Crippen LogP) is 2.80. The molecule has 0 spiro atoms. The first-order chi connectivity index (χ1) is 11.3. The number of rotatable bonds is 3. The number of hydrazine groups is 1. The van der Waals surface area contributed by atoms with Crippen molar-refractivity contribution in [3.8, 4) is 5.75 Å². The van der Waals surface area contributed by atoms with Gasteiger partial charge in [0.05, 0.1) is 5.56 Å². The summed E-state index contributed by atoms with van der Waals surface area (Å²) in [4.78, 5) is 23.5. The molecule has 0 heterocycles. The lowest BCUT2D eigenvalue weighted by atomic mass is 10.2. The van der Waals surface area contributed by atoms with Gasteiger partial charge in [-0.15, -0.1) is 13.2 Å². The number of carbonyl (C=O) groups excluding carboxylic acids is 2. The number of hydrogen-bond donors (Lipinski definition) is 2. The molecule has 0 aliphatic heterocycles. The lowest BCUT2D eigenvalue weighted by molar-refractivity contribution is -0.274. The van der Waals surface area contributed by atoms with Gasteiger partial charge in [0.15, 0.2) is 0 Å². The summed E-state index contributed by atoms with van der Waals surface area (Å²) in [5, 5.41) is 0. The van der Waals surface area contributed by atoms with E-state index in [1.165, 1.54) is 18.2 Å². The van der Waals surface area contributed by atoms with E-state index in [1.54, 1.807) is 0 Å². The van der Waals surface area contributed by atoms with Gasteiger partial charge in [-0.2, -0.15) is 0 Å². The van der Waals surface area contributed by atoms with Crippen LogP contribution < -0.4 is 15.6 Å². The summed E-state index contributed by atoms with van der Waals surface area (Å²) in [5.41, 5.74) is 3.72. The van der Waals surface area contributed by atoms with Gasteiger partial charge in [0.2, 0.25) is 0 Å². The van der Waals surface area contributed by atoms with Crippen LogP contribution >= 0.6 is 0 Å². The molecule has 0 atom stereocenters. The average Bonchev–Trinajstić information content (AvgIpc) is 2.52. The fraction of sp³-hybridized carbons (Fsp3) is 0.0667. The van der Waals surface area contributed by atoms with Crippen molar-refractivity contribution in [3.05, 3.63) is 65.5 Å². The van der Waals surface area contributed by atoms with Crippen molar-refractivity contribution in [1.82, 2.24) is 10.9 Å². The van der Waals surface area contributed by atoms with Gasteiger partial charge in [-0.1, -0.05) is 12.1 Å². The summed E-state index contributed by atoms with van der Waals surface area (Å²) in [6.07, 6.45) is -4.84. The maximum absolute atomic E-state index is 13.4. The van der Waals surface area contributed by atoms with Crippen molar-refractivity contribution in [3.63, 3.8) is 0 Å². The minimum Gasteiger partial charge on any atom is -0.406 e. The molecule has 0 unspecified atom stereocenters. The molecule has 0 bridgehead atoms. The maximum Gasteiger partial charge on any atom is 0.573 e. The molecular weight excluding hydrogens is 332 g/mol. The van der Waals surface area contributed by atoms with Gasteiger partial charge in [-0.25, -0.2) is 4.39 Å². The van der Waals surface area contributed by atoms with Crippen molar-refractivity contribution in [1.29, 1.82) is 0 Å². The summed E-state index contributed by atoms with van der Waals surface area (Å²) in [7, 11) is 0. The Morgan fingerprint density at radius 3 is 2.04 bits per heavy atom. The van der Waals surface area contributed by atoms with E-state index in [4.69, 9.17) is 0 Å². The lowest BCUT2D eigenvalue weighted by Gasteiger charge is -2.10. The third kappa shape index (κ3) is 4.70. The second kappa shape index (κ2) is 6.99. The number of ether oxygens (including phenoxy) is 1. The molecule has 0 saturated carbocycles. The minimum absolute atomic E-state index is 0.0293. The Morgan fingerprint density at radius 1 is 0.875 bits per heavy atom. The largest absolute Gasteiger partial charge is 0.573 e. The first kappa shape index (κ1) is 17.3. The minimum atomic E-state index is -4.84. The van der Waals surface area contributed by atoms with E-state index < -0.39 is 29.7 Å². The van der Waals surface area contributed by atoms with Gasteiger partial charge < -0.3 is 4.74 Å². The zero-order valence-electron chi connectivity index (χ0n) is 11.9. The number of amides is 2. The number of hydrogen-bond acceptors (Lipinski definition) is 3. The first-order valence-electron chi connectivity index (χ1n) is 6.47. The Morgan fingerprint density at radius 2 is 1.46 bits per heavy atom. The number of nitrogens with one attached hydrogen (secondary N) is 2. The van der Waals surface area contributed by atoms with Gasteiger partial charge in [-0.3, -0.25) is 20.4 Å². The Hall–Kier alpha value is -3.10. The van der Waals surface area contributed by atoms with Crippen LogP contribution in [0, 0.1) is 5.82 Å². The number of carbonyl (C=O) groups is 2. The molecule has 0 aliphatic rings. The van der Waals surface area contributed by atoms with E-state index in [1.807, 2.05) is 10.9 Å². The summed E-state index contributed by atoms with van der Waals surface area (Å²) in [5.74, 6) is -2.93. The second-order valence-electron chi connectivity index (χ2n) is 4.46. The predicted molar refractivity (Wildman–Crippen MR) is 74.5 cm³/mol. The van der Waals surface area contributed by atoms with E-state index in [-0.39, 0.29) is 11.1 Å². The third-order valence-electron chi connectivity index (χ3n) is 2.76. The van der Waals surface area contributed by atoms with E-state index in [2.05, 4.69) is 4.74 Å². The molecule has 0 aliphatic carbocycles. The van der Waals surface area contributed by atoms with E-state index >= 15 is 0 Å². The van der Waals surface area contributed by atoms with Crippen molar-refractivity contribution in [2.75, 3.05) is 0 Å². The maximum atomic E-state index is 13.4. The molecule has 0 radical (unpaired) electrons. The van der Waals surface area contributed by atoms with Gasteiger partial charge in [-0.05, 0) is 36.4 Å². The molecule has 2 aromatic carbocycles. The van der Waals surface area contributed by atoms with Gasteiger partial charge in [0.25, 0.3) is 11.8 Å². The summed E-state index contributed by atoms with van der Waals surface area (Å²) in [6, 6.07) is 9.18. The molecule has 0 saturated heterocycles. The molecule has 2 N–H and O–H groups in total. The van der Waals surface area contributed by atoms with Crippen LogP contribution in [-0.4, -0.2) is 18.2 Å². The lowest BCUT2D eigenvalue weighted by Crippen LogP contribution is -2.41. The fourth-order valence-corrected chi connectivity index (χ4v) is 1.71. The molecule has 126 valence electrons. The van der Waals surface area contributed by atoms with Gasteiger partial charge >= 0.3 is 6.36 Å². The first-order valence-corrected chi connectivity index (χ1v) is 6.47. The second-order valence-corrected chi connectivity index (χ2v) is 4.46. The molecule has 2 amide bonds. The molecule has 0 aromatic heterocycles. The molecule has 9 heteroatoms. The number of halogens is 4. The zero-order chi connectivity index (χ0) is 17.7. The van der Waals surface area contributed by atoms with E-state index in [9.17, 15) is 27.2 Å². The highest BCUT2D eigenvalue weighted by Gasteiger charge is 2.31. The Balaban J connectivity index is 1.95. The van der Waals surface area contributed by atoms with E-state index in [0.717, 1.165) is 30.3 Å². The van der Waals surface area contributed by atoms with Crippen LogP contribution in [0.5, 0.6) is 5.75 Å². The fourth-order valence-electron chi connectivity index (χ4n) is 1.71. The third-order valence-corrected chi connectivity index (χ3v) is 2.76.